The van der Waals surface area contributed by atoms with Gasteiger partial charge in [0.15, 0.2) is 5.17 Å². The highest BCUT2D eigenvalue weighted by atomic mass is 32.2. The molecule has 0 unspecified atom stereocenters. The summed E-state index contributed by atoms with van der Waals surface area (Å²) < 4.78 is 0. The number of fused-ring (bicyclic) bond motifs is 3. The molecule has 0 radical (unpaired) electrons. The summed E-state index contributed by atoms with van der Waals surface area (Å²) >= 11 is 1.21. The minimum absolute atomic E-state index is 0.0127. The fourth-order valence-electron chi connectivity index (χ4n) is 4.73. The number of para-hydroxylation sites is 2. The van der Waals surface area contributed by atoms with Gasteiger partial charge in [0, 0.05) is 43.5 Å². The standard InChI is InChI=1S/C28H32N6O3S/c1-3-19(2)29-24(35)18-38-28-31-22-12-8-7-11-21(22)26-30-23(27(37)34(26)28)17-25(36)33-15-13-32(14-16-33)20-9-5-4-6-10-20/h4-12,19,23H,3,13-18H2,1-2H3,(H,29,35)/t19-,23+/m1/s1. The third-order valence-corrected chi connectivity index (χ3v) is 7.96. The van der Waals surface area contributed by atoms with E-state index in [0.29, 0.717) is 29.8 Å². The largest absolute Gasteiger partial charge is 0.368 e. The lowest BCUT2D eigenvalue weighted by Gasteiger charge is -2.36. The number of aliphatic imine (C=N–C) groups is 2. The molecule has 10 heteroatoms. The monoisotopic (exact) mass is 532 g/mol. The number of anilines is 1. The van der Waals surface area contributed by atoms with E-state index in [9.17, 15) is 14.4 Å². The molecule has 3 aliphatic rings. The van der Waals surface area contributed by atoms with Crippen LogP contribution in [0.25, 0.3) is 0 Å². The Bertz CT molecular complexity index is 1270. The van der Waals surface area contributed by atoms with Crippen molar-refractivity contribution in [1.82, 2.24) is 15.1 Å². The van der Waals surface area contributed by atoms with Gasteiger partial charge in [-0.1, -0.05) is 49.0 Å². The molecule has 2 atom stereocenters. The number of hydrogen-bond acceptors (Lipinski definition) is 7. The van der Waals surface area contributed by atoms with Crippen molar-refractivity contribution in [2.45, 2.75) is 38.8 Å². The lowest BCUT2D eigenvalue weighted by molar-refractivity contribution is -0.135. The first-order chi connectivity index (χ1) is 18.4. The van der Waals surface area contributed by atoms with Crippen LogP contribution in [0.5, 0.6) is 0 Å². The number of thioether (sulfide) groups is 1. The maximum absolute atomic E-state index is 13.5. The second kappa shape index (κ2) is 11.4. The van der Waals surface area contributed by atoms with Gasteiger partial charge >= 0.3 is 0 Å². The number of nitrogens with one attached hydrogen (secondary N) is 1. The highest BCUT2D eigenvalue weighted by molar-refractivity contribution is 8.14. The highest BCUT2D eigenvalue weighted by Gasteiger charge is 2.42. The number of rotatable bonds is 7. The maximum atomic E-state index is 13.5. The molecular weight excluding hydrogens is 500 g/mol. The van der Waals surface area contributed by atoms with Crippen LogP contribution in [0.15, 0.2) is 64.6 Å². The van der Waals surface area contributed by atoms with Gasteiger partial charge in [-0.3, -0.25) is 19.4 Å². The summed E-state index contributed by atoms with van der Waals surface area (Å²) in [5.74, 6) is 0.166. The molecule has 1 fully saturated rings. The van der Waals surface area contributed by atoms with Crippen LogP contribution in [0.3, 0.4) is 0 Å². The maximum Gasteiger partial charge on any atom is 0.259 e. The average Bonchev–Trinajstić information content (AvgIpc) is 3.28. The second-order valence-electron chi connectivity index (χ2n) is 9.63. The summed E-state index contributed by atoms with van der Waals surface area (Å²) in [6.45, 7) is 6.66. The van der Waals surface area contributed by atoms with Gasteiger partial charge in [-0.25, -0.2) is 9.89 Å². The predicted octanol–water partition coefficient (Wildman–Crippen LogP) is 3.03. The van der Waals surface area contributed by atoms with Crippen LogP contribution < -0.4 is 10.2 Å². The lowest BCUT2D eigenvalue weighted by atomic mass is 10.1. The van der Waals surface area contributed by atoms with Gasteiger partial charge in [0.25, 0.3) is 5.91 Å². The Balaban J connectivity index is 1.26. The third-order valence-electron chi connectivity index (χ3n) is 7.02. The number of benzene rings is 2. The van der Waals surface area contributed by atoms with Gasteiger partial charge < -0.3 is 15.1 Å². The zero-order chi connectivity index (χ0) is 26.6. The zero-order valence-electron chi connectivity index (χ0n) is 21.7. The fraction of sp³-hybridized carbons (Fsp3) is 0.393. The van der Waals surface area contributed by atoms with E-state index < -0.39 is 6.04 Å². The van der Waals surface area contributed by atoms with Gasteiger partial charge in [-0.05, 0) is 37.6 Å². The Morgan fingerprint density at radius 3 is 2.50 bits per heavy atom. The quantitative estimate of drug-likeness (QED) is 0.591. The van der Waals surface area contributed by atoms with E-state index in [2.05, 4.69) is 27.3 Å². The van der Waals surface area contributed by atoms with Gasteiger partial charge in [0.1, 0.15) is 11.9 Å². The molecule has 0 bridgehead atoms. The van der Waals surface area contributed by atoms with E-state index in [1.807, 2.05) is 61.2 Å². The van der Waals surface area contributed by atoms with Crippen molar-refractivity contribution < 1.29 is 14.4 Å². The second-order valence-corrected chi connectivity index (χ2v) is 10.6. The average molecular weight is 533 g/mol. The molecule has 0 aromatic heterocycles. The Morgan fingerprint density at radius 2 is 1.76 bits per heavy atom. The molecule has 1 N–H and O–H groups in total. The number of nitrogens with zero attached hydrogens (tertiary/aromatic N) is 5. The number of carbonyl (C=O) groups excluding carboxylic acids is 3. The third kappa shape index (κ3) is 5.45. The Hall–Kier alpha value is -3.66. The summed E-state index contributed by atoms with van der Waals surface area (Å²) in [5, 5.41) is 3.36. The summed E-state index contributed by atoms with van der Waals surface area (Å²) in [7, 11) is 0. The van der Waals surface area contributed by atoms with Crippen LogP contribution in [0.4, 0.5) is 11.4 Å². The summed E-state index contributed by atoms with van der Waals surface area (Å²) in [5.41, 5.74) is 2.60. The molecule has 2 aromatic rings. The molecule has 198 valence electrons. The lowest BCUT2D eigenvalue weighted by Crippen LogP contribution is -2.50. The summed E-state index contributed by atoms with van der Waals surface area (Å²) in [6.07, 6.45) is 0.849. The molecule has 0 spiro atoms. The highest BCUT2D eigenvalue weighted by Crippen LogP contribution is 2.34. The first-order valence-corrected chi connectivity index (χ1v) is 14.0. The Labute approximate surface area is 227 Å². The first-order valence-electron chi connectivity index (χ1n) is 13.0. The number of amidine groups is 2. The van der Waals surface area contributed by atoms with Gasteiger partial charge in [-0.2, -0.15) is 0 Å². The molecule has 3 amide bonds. The molecule has 9 nitrogen and oxygen atoms in total. The van der Waals surface area contributed by atoms with Crippen molar-refractivity contribution in [2.24, 2.45) is 9.98 Å². The van der Waals surface area contributed by atoms with Crippen molar-refractivity contribution in [2.75, 3.05) is 36.8 Å². The van der Waals surface area contributed by atoms with Crippen molar-refractivity contribution in [3.63, 3.8) is 0 Å². The van der Waals surface area contributed by atoms with Crippen molar-refractivity contribution in [3.8, 4) is 0 Å². The van der Waals surface area contributed by atoms with Crippen LogP contribution in [0.2, 0.25) is 0 Å². The van der Waals surface area contributed by atoms with Crippen LogP contribution in [-0.4, -0.2) is 82.5 Å². The number of hydrogen-bond donors (Lipinski definition) is 1. The predicted molar refractivity (Wildman–Crippen MR) is 151 cm³/mol. The van der Waals surface area contributed by atoms with Crippen LogP contribution in [0.1, 0.15) is 32.3 Å². The SMILES string of the molecule is CC[C@@H](C)NC(=O)CSC1=Nc2ccccc2C2=N[C@@H](CC(=O)N3CCN(c4ccccc4)CC3)C(=O)N12. The zero-order valence-corrected chi connectivity index (χ0v) is 22.5. The number of carbonyl (C=O) groups is 3. The minimum atomic E-state index is -0.810. The van der Waals surface area contributed by atoms with Gasteiger partial charge in [-0.15, -0.1) is 0 Å². The minimum Gasteiger partial charge on any atom is -0.368 e. The van der Waals surface area contributed by atoms with E-state index in [1.54, 1.807) is 0 Å². The fourth-order valence-corrected chi connectivity index (χ4v) is 5.54. The van der Waals surface area contributed by atoms with E-state index in [-0.39, 0.29) is 35.9 Å². The molecule has 5 rings (SSSR count). The Kier molecular flexibility index (Phi) is 7.78. The molecule has 3 heterocycles. The van der Waals surface area contributed by atoms with Gasteiger partial charge in [0.2, 0.25) is 11.8 Å². The van der Waals surface area contributed by atoms with Crippen LogP contribution >= 0.6 is 11.8 Å². The molecule has 0 aliphatic carbocycles. The van der Waals surface area contributed by atoms with E-state index in [4.69, 9.17) is 4.99 Å². The topological polar surface area (TPSA) is 97.7 Å². The van der Waals surface area contributed by atoms with E-state index in [0.717, 1.165) is 30.8 Å². The molecular formula is C28H32N6O3S. The van der Waals surface area contributed by atoms with Crippen molar-refractivity contribution in [3.05, 3.63) is 60.2 Å². The van der Waals surface area contributed by atoms with Crippen molar-refractivity contribution >= 4 is 51.9 Å². The molecule has 38 heavy (non-hydrogen) atoms. The number of amides is 3. The van der Waals surface area contributed by atoms with E-state index >= 15 is 0 Å². The summed E-state index contributed by atoms with van der Waals surface area (Å²) in [6, 6.07) is 16.9. The van der Waals surface area contributed by atoms with Crippen LogP contribution in [0, 0.1) is 0 Å². The molecule has 1 saturated heterocycles. The smallest absolute Gasteiger partial charge is 0.259 e. The number of piperazine rings is 1. The molecule has 0 saturated carbocycles. The van der Waals surface area contributed by atoms with Gasteiger partial charge in [0.05, 0.1) is 17.9 Å². The normalized spacial score (nSPS) is 19.4. The Morgan fingerprint density at radius 1 is 1.05 bits per heavy atom. The van der Waals surface area contributed by atoms with Crippen molar-refractivity contribution in [1.29, 1.82) is 0 Å². The van der Waals surface area contributed by atoms with Crippen LogP contribution in [-0.2, 0) is 14.4 Å². The molecule has 3 aliphatic heterocycles. The summed E-state index contributed by atoms with van der Waals surface area (Å²) in [4.78, 5) is 54.1. The first kappa shape index (κ1) is 26.0. The van der Waals surface area contributed by atoms with E-state index in [1.165, 1.54) is 16.7 Å². The molecule has 2 aromatic carbocycles.